The van der Waals surface area contributed by atoms with E-state index in [1.54, 1.807) is 6.07 Å². The molecule has 1 amide bonds. The van der Waals surface area contributed by atoms with Gasteiger partial charge >= 0.3 is 0 Å². The lowest BCUT2D eigenvalue weighted by molar-refractivity contribution is -0.120. The van der Waals surface area contributed by atoms with E-state index in [0.717, 1.165) is 51.0 Å². The lowest BCUT2D eigenvalue weighted by Gasteiger charge is -2.32. The van der Waals surface area contributed by atoms with Crippen molar-refractivity contribution in [1.82, 2.24) is 9.88 Å². The van der Waals surface area contributed by atoms with Crippen LogP contribution in [0.1, 0.15) is 24.0 Å². The molecule has 1 aromatic heterocycles. The molecule has 4 rings (SSSR count). The van der Waals surface area contributed by atoms with Crippen LogP contribution in [0.3, 0.4) is 0 Å². The summed E-state index contributed by atoms with van der Waals surface area (Å²) >= 11 is 0. The third-order valence-electron chi connectivity index (χ3n) is 5.63. The maximum absolute atomic E-state index is 12.7. The van der Waals surface area contributed by atoms with E-state index in [1.807, 2.05) is 29.3 Å². The van der Waals surface area contributed by atoms with Crippen LogP contribution in [0.25, 0.3) is 0 Å². The highest BCUT2D eigenvalue weighted by Gasteiger charge is 2.27. The molecular weight excluding hydrogens is 326 g/mol. The zero-order chi connectivity index (χ0) is 17.9. The Bertz CT molecular complexity index is 817. The minimum Gasteiger partial charge on any atom is -0.329 e. The zero-order valence-corrected chi connectivity index (χ0v) is 15.0. The van der Waals surface area contributed by atoms with E-state index < -0.39 is 0 Å². The topological polar surface area (TPSA) is 56.4 Å². The fourth-order valence-corrected chi connectivity index (χ4v) is 4.13. The molecule has 1 N–H and O–H groups in total. The van der Waals surface area contributed by atoms with Gasteiger partial charge in [0, 0.05) is 24.5 Å². The number of nitrogens with zero attached hydrogens (tertiary/aromatic N) is 2. The highest BCUT2D eigenvalue weighted by Crippen LogP contribution is 2.28. The van der Waals surface area contributed by atoms with Gasteiger partial charge in [-0.2, -0.15) is 0 Å². The van der Waals surface area contributed by atoms with E-state index in [2.05, 4.69) is 22.0 Å². The van der Waals surface area contributed by atoms with E-state index in [-0.39, 0.29) is 11.5 Å². The largest absolute Gasteiger partial charge is 0.329 e. The van der Waals surface area contributed by atoms with E-state index >= 15 is 0 Å². The third kappa shape index (κ3) is 3.73. The second-order valence-electron chi connectivity index (χ2n) is 7.41. The predicted molar refractivity (Wildman–Crippen MR) is 102 cm³/mol. The first-order chi connectivity index (χ1) is 12.7. The van der Waals surface area contributed by atoms with Crippen LogP contribution in [0, 0.1) is 5.92 Å². The number of H-pyrrole nitrogens is 1. The average Bonchev–Trinajstić information content (AvgIpc) is 3.09. The molecule has 2 aromatic rings. The van der Waals surface area contributed by atoms with Crippen molar-refractivity contribution in [2.24, 2.45) is 5.92 Å². The standard InChI is InChI=1S/C21H25N3O2/c25-20-6-5-17(14-22-20)13-16-7-10-23(11-8-16)15-21(26)24-12-9-18-3-1-2-4-19(18)24/h1-6,14,16H,7-13,15H2,(H,22,25). The van der Waals surface area contributed by atoms with E-state index in [1.165, 1.54) is 11.1 Å². The molecule has 0 radical (unpaired) electrons. The molecule has 0 bridgehead atoms. The average molecular weight is 351 g/mol. The SMILES string of the molecule is O=C(CN1CCC(Cc2ccc(=O)[nH]c2)CC1)N1CCc2ccccc21. The second kappa shape index (κ2) is 7.46. The van der Waals surface area contributed by atoms with Crippen LogP contribution >= 0.6 is 0 Å². The number of pyridine rings is 1. The Hall–Kier alpha value is -2.40. The molecule has 26 heavy (non-hydrogen) atoms. The molecule has 1 aromatic carbocycles. The quantitative estimate of drug-likeness (QED) is 0.919. The number of anilines is 1. The number of carbonyl (C=O) groups is 1. The number of amides is 1. The van der Waals surface area contributed by atoms with Crippen LogP contribution in [0.2, 0.25) is 0 Å². The van der Waals surface area contributed by atoms with Crippen molar-refractivity contribution in [3.8, 4) is 0 Å². The number of carbonyl (C=O) groups excluding carboxylic acids is 1. The smallest absolute Gasteiger partial charge is 0.247 e. The van der Waals surface area contributed by atoms with Crippen molar-refractivity contribution in [3.05, 3.63) is 64.1 Å². The first-order valence-corrected chi connectivity index (χ1v) is 9.47. The first-order valence-electron chi connectivity index (χ1n) is 9.47. The van der Waals surface area contributed by atoms with Gasteiger partial charge in [0.2, 0.25) is 11.5 Å². The van der Waals surface area contributed by atoms with Crippen LogP contribution in [-0.2, 0) is 17.6 Å². The Morgan fingerprint density at radius 1 is 1.08 bits per heavy atom. The van der Waals surface area contributed by atoms with Crippen molar-refractivity contribution < 1.29 is 4.79 Å². The van der Waals surface area contributed by atoms with Gasteiger partial charge in [-0.1, -0.05) is 24.3 Å². The number of aromatic nitrogens is 1. The molecule has 0 aliphatic carbocycles. The molecule has 1 saturated heterocycles. The summed E-state index contributed by atoms with van der Waals surface area (Å²) in [5.41, 5.74) is 3.50. The molecule has 0 spiro atoms. The Morgan fingerprint density at radius 2 is 1.88 bits per heavy atom. The van der Waals surface area contributed by atoms with Crippen LogP contribution < -0.4 is 10.5 Å². The molecule has 0 atom stereocenters. The number of hydrogen-bond acceptors (Lipinski definition) is 3. The molecule has 136 valence electrons. The number of aromatic amines is 1. The van der Waals surface area contributed by atoms with Crippen molar-refractivity contribution in [1.29, 1.82) is 0 Å². The molecular formula is C21H25N3O2. The maximum atomic E-state index is 12.7. The number of fused-ring (bicyclic) bond motifs is 1. The van der Waals surface area contributed by atoms with Crippen LogP contribution in [0.4, 0.5) is 5.69 Å². The number of piperidine rings is 1. The predicted octanol–water partition coefficient (Wildman–Crippen LogP) is 2.22. The van der Waals surface area contributed by atoms with Gasteiger partial charge in [-0.25, -0.2) is 0 Å². The first kappa shape index (κ1) is 17.0. The second-order valence-corrected chi connectivity index (χ2v) is 7.41. The lowest BCUT2D eigenvalue weighted by Crippen LogP contribution is -2.43. The van der Waals surface area contributed by atoms with E-state index in [0.29, 0.717) is 12.5 Å². The normalized spacial score (nSPS) is 18.1. The van der Waals surface area contributed by atoms with Gasteiger partial charge in [0.25, 0.3) is 0 Å². The molecule has 0 unspecified atom stereocenters. The minimum atomic E-state index is -0.0504. The van der Waals surface area contributed by atoms with Crippen LogP contribution in [0.15, 0.2) is 47.4 Å². The summed E-state index contributed by atoms with van der Waals surface area (Å²) in [6.07, 6.45) is 5.98. The monoisotopic (exact) mass is 351 g/mol. The van der Waals surface area contributed by atoms with Gasteiger partial charge in [-0.05, 0) is 61.9 Å². The highest BCUT2D eigenvalue weighted by atomic mass is 16.2. The number of benzene rings is 1. The number of para-hydroxylation sites is 1. The van der Waals surface area contributed by atoms with Gasteiger partial charge in [0.05, 0.1) is 6.54 Å². The Morgan fingerprint density at radius 3 is 2.65 bits per heavy atom. The number of hydrogen-bond donors (Lipinski definition) is 1. The van der Waals surface area contributed by atoms with Crippen molar-refractivity contribution in [3.63, 3.8) is 0 Å². The fraction of sp³-hybridized carbons (Fsp3) is 0.429. The fourth-order valence-electron chi connectivity index (χ4n) is 4.13. The lowest BCUT2D eigenvalue weighted by atomic mass is 9.91. The van der Waals surface area contributed by atoms with Crippen molar-refractivity contribution in [2.75, 3.05) is 31.1 Å². The maximum Gasteiger partial charge on any atom is 0.247 e. The molecule has 5 nitrogen and oxygen atoms in total. The molecule has 2 aliphatic rings. The summed E-state index contributed by atoms with van der Waals surface area (Å²) in [6, 6.07) is 11.7. The third-order valence-corrected chi connectivity index (χ3v) is 5.63. The van der Waals surface area contributed by atoms with Crippen LogP contribution in [0.5, 0.6) is 0 Å². The van der Waals surface area contributed by atoms with Crippen molar-refractivity contribution in [2.45, 2.75) is 25.7 Å². The van der Waals surface area contributed by atoms with Gasteiger partial charge in [-0.3, -0.25) is 14.5 Å². The highest BCUT2D eigenvalue weighted by molar-refractivity contribution is 5.96. The van der Waals surface area contributed by atoms with E-state index in [4.69, 9.17) is 0 Å². The Kier molecular flexibility index (Phi) is 4.89. The zero-order valence-electron chi connectivity index (χ0n) is 15.0. The van der Waals surface area contributed by atoms with Gasteiger partial charge in [0.1, 0.15) is 0 Å². The summed E-state index contributed by atoms with van der Waals surface area (Å²) in [7, 11) is 0. The van der Waals surface area contributed by atoms with Crippen molar-refractivity contribution >= 4 is 11.6 Å². The summed E-state index contributed by atoms with van der Waals surface area (Å²) < 4.78 is 0. The van der Waals surface area contributed by atoms with Gasteiger partial charge < -0.3 is 9.88 Å². The number of nitrogens with one attached hydrogen (secondary N) is 1. The summed E-state index contributed by atoms with van der Waals surface area (Å²) in [5, 5.41) is 0. The van der Waals surface area contributed by atoms with Crippen LogP contribution in [-0.4, -0.2) is 42.0 Å². The number of likely N-dealkylation sites (tertiary alicyclic amines) is 1. The molecule has 3 heterocycles. The Labute approximate surface area is 153 Å². The minimum absolute atomic E-state index is 0.0504. The molecule has 5 heteroatoms. The number of rotatable bonds is 4. The summed E-state index contributed by atoms with van der Waals surface area (Å²) in [6.45, 7) is 3.26. The van der Waals surface area contributed by atoms with E-state index in [9.17, 15) is 9.59 Å². The Balaban J connectivity index is 1.28. The molecule has 1 fully saturated rings. The van der Waals surface area contributed by atoms with Gasteiger partial charge in [-0.15, -0.1) is 0 Å². The summed E-state index contributed by atoms with van der Waals surface area (Å²) in [4.78, 5) is 30.9. The van der Waals surface area contributed by atoms with Gasteiger partial charge in [0.15, 0.2) is 0 Å². The molecule has 0 saturated carbocycles. The molecule has 2 aliphatic heterocycles. The summed E-state index contributed by atoms with van der Waals surface area (Å²) in [5.74, 6) is 0.841.